The van der Waals surface area contributed by atoms with Crippen molar-refractivity contribution in [2.24, 2.45) is 5.92 Å². The molecule has 1 aliphatic carbocycles. The second-order valence-electron chi connectivity index (χ2n) is 8.00. The van der Waals surface area contributed by atoms with Crippen LogP contribution >= 0.6 is 0 Å². The van der Waals surface area contributed by atoms with Gasteiger partial charge in [-0.3, -0.25) is 0 Å². The van der Waals surface area contributed by atoms with Gasteiger partial charge in [-0.05, 0) is 49.1 Å². The lowest BCUT2D eigenvalue weighted by molar-refractivity contribution is 0.316. The van der Waals surface area contributed by atoms with Crippen LogP contribution in [0.1, 0.15) is 24.8 Å². The summed E-state index contributed by atoms with van der Waals surface area (Å²) in [5.74, 6) is 2.80. The van der Waals surface area contributed by atoms with Gasteiger partial charge in [-0.2, -0.15) is 0 Å². The molecule has 0 unspecified atom stereocenters. The van der Waals surface area contributed by atoms with E-state index in [2.05, 4.69) is 14.9 Å². The number of fused-ring (bicyclic) bond motifs is 1. The zero-order valence-corrected chi connectivity index (χ0v) is 18.9. The fraction of sp³-hybridized carbons (Fsp3) is 0.391. The van der Waals surface area contributed by atoms with E-state index in [9.17, 15) is 8.42 Å². The third kappa shape index (κ3) is 4.58. The number of ether oxygens (including phenoxy) is 2. The summed E-state index contributed by atoms with van der Waals surface area (Å²) in [6.07, 6.45) is 6.37. The van der Waals surface area contributed by atoms with E-state index in [-0.39, 0.29) is 4.90 Å². The van der Waals surface area contributed by atoms with Gasteiger partial charge in [0.25, 0.3) is 0 Å². The van der Waals surface area contributed by atoms with Crippen LogP contribution in [0.25, 0.3) is 10.9 Å². The van der Waals surface area contributed by atoms with Crippen molar-refractivity contribution >= 4 is 26.6 Å². The van der Waals surface area contributed by atoms with Crippen molar-refractivity contribution in [3.8, 4) is 11.5 Å². The molecule has 3 aromatic rings. The number of benzene rings is 2. The minimum Gasteiger partial charge on any atom is -0.497 e. The van der Waals surface area contributed by atoms with Crippen LogP contribution in [-0.2, 0) is 16.4 Å². The van der Waals surface area contributed by atoms with Gasteiger partial charge in [0.1, 0.15) is 23.6 Å². The third-order valence-corrected chi connectivity index (χ3v) is 6.98. The van der Waals surface area contributed by atoms with E-state index in [1.165, 1.54) is 31.8 Å². The average molecular weight is 442 g/mol. The third-order valence-electron chi connectivity index (χ3n) is 5.87. The van der Waals surface area contributed by atoms with Crippen LogP contribution in [0, 0.1) is 5.92 Å². The van der Waals surface area contributed by atoms with Crippen molar-refractivity contribution in [2.45, 2.75) is 30.7 Å². The minimum absolute atomic E-state index is 0.265. The van der Waals surface area contributed by atoms with Crippen LogP contribution in [0.15, 0.2) is 47.6 Å². The van der Waals surface area contributed by atoms with Crippen LogP contribution < -0.4 is 14.4 Å². The van der Waals surface area contributed by atoms with Crippen LogP contribution in [-0.4, -0.2) is 45.4 Å². The highest BCUT2D eigenvalue weighted by Crippen LogP contribution is 2.34. The zero-order chi connectivity index (χ0) is 22.0. The monoisotopic (exact) mass is 441 g/mol. The average Bonchev–Trinajstić information content (AvgIpc) is 2.74. The number of sulfone groups is 1. The second kappa shape index (κ2) is 8.70. The zero-order valence-electron chi connectivity index (χ0n) is 18.0. The molecule has 31 heavy (non-hydrogen) atoms. The summed E-state index contributed by atoms with van der Waals surface area (Å²) in [5, 5.41) is 0.734. The first kappa shape index (κ1) is 21.4. The van der Waals surface area contributed by atoms with Gasteiger partial charge in [0.05, 0.1) is 24.6 Å². The molecule has 0 saturated heterocycles. The lowest BCUT2D eigenvalue weighted by atomic mass is 9.85. The van der Waals surface area contributed by atoms with Gasteiger partial charge in [-0.15, -0.1) is 0 Å². The van der Waals surface area contributed by atoms with E-state index < -0.39 is 9.84 Å². The van der Waals surface area contributed by atoms with Gasteiger partial charge < -0.3 is 14.4 Å². The Bertz CT molecular complexity index is 1190. The van der Waals surface area contributed by atoms with Crippen LogP contribution in [0.3, 0.4) is 0 Å². The van der Waals surface area contributed by atoms with E-state index >= 15 is 0 Å². The van der Waals surface area contributed by atoms with Crippen molar-refractivity contribution in [1.82, 2.24) is 9.97 Å². The molecule has 0 amide bonds. The molecule has 1 heterocycles. The Labute approximate surface area is 183 Å². The van der Waals surface area contributed by atoms with Gasteiger partial charge in [0.2, 0.25) is 0 Å². The van der Waals surface area contributed by atoms with Crippen molar-refractivity contribution in [1.29, 1.82) is 0 Å². The van der Waals surface area contributed by atoms with Crippen LogP contribution in [0.5, 0.6) is 11.5 Å². The molecule has 0 spiro atoms. The van der Waals surface area contributed by atoms with Crippen molar-refractivity contribution in [3.63, 3.8) is 0 Å². The number of anilines is 1. The smallest absolute Gasteiger partial charge is 0.175 e. The van der Waals surface area contributed by atoms with Crippen LogP contribution in [0.4, 0.5) is 5.82 Å². The number of rotatable bonds is 8. The number of nitrogens with zero attached hydrogens (tertiary/aromatic N) is 3. The highest BCUT2D eigenvalue weighted by molar-refractivity contribution is 7.90. The highest BCUT2D eigenvalue weighted by atomic mass is 32.2. The molecule has 4 rings (SSSR count). The van der Waals surface area contributed by atoms with Gasteiger partial charge in [0.15, 0.2) is 9.84 Å². The van der Waals surface area contributed by atoms with Crippen molar-refractivity contribution in [2.75, 3.05) is 31.9 Å². The molecular formula is C23H27N3O4S. The van der Waals surface area contributed by atoms with Crippen molar-refractivity contribution < 1.29 is 17.9 Å². The largest absolute Gasteiger partial charge is 0.497 e. The molecule has 0 atom stereocenters. The molecule has 7 nitrogen and oxygen atoms in total. The Kier molecular flexibility index (Phi) is 6.00. The molecule has 8 heteroatoms. The first-order valence-electron chi connectivity index (χ1n) is 10.3. The minimum atomic E-state index is -3.34. The number of methoxy groups -OCH3 is 2. The highest BCUT2D eigenvalue weighted by Gasteiger charge is 2.24. The lowest BCUT2D eigenvalue weighted by Crippen LogP contribution is -2.33. The van der Waals surface area contributed by atoms with E-state index in [1.807, 2.05) is 18.2 Å². The predicted molar refractivity (Wildman–Crippen MR) is 121 cm³/mol. The Morgan fingerprint density at radius 2 is 1.87 bits per heavy atom. The van der Waals surface area contributed by atoms with E-state index in [0.717, 1.165) is 40.3 Å². The van der Waals surface area contributed by atoms with E-state index in [4.69, 9.17) is 9.47 Å². The fourth-order valence-corrected chi connectivity index (χ4v) is 4.55. The molecular weight excluding hydrogens is 414 g/mol. The number of aromatic nitrogens is 2. The molecule has 1 aromatic heterocycles. The SMILES string of the molecule is COc1ccc(CN(CC2CCC2)c2ncnc3ccc(S(C)(=O)=O)cc23)c(OC)c1. The maximum atomic E-state index is 12.1. The molecule has 164 valence electrons. The molecule has 1 aliphatic rings. The summed E-state index contributed by atoms with van der Waals surface area (Å²) < 4.78 is 35.2. The normalized spacial score (nSPS) is 14.3. The maximum absolute atomic E-state index is 12.1. The predicted octanol–water partition coefficient (Wildman–Crippen LogP) is 3.86. The summed E-state index contributed by atoms with van der Waals surface area (Å²) in [7, 11) is -0.0640. The van der Waals surface area contributed by atoms with Gasteiger partial charge in [0, 0.05) is 36.4 Å². The molecule has 1 fully saturated rings. The van der Waals surface area contributed by atoms with Crippen LogP contribution in [0.2, 0.25) is 0 Å². The Hall–Kier alpha value is -2.87. The quantitative estimate of drug-likeness (QED) is 0.525. The summed E-state index contributed by atoms with van der Waals surface area (Å²) in [6, 6.07) is 10.8. The Balaban J connectivity index is 1.79. The van der Waals surface area contributed by atoms with Gasteiger partial charge >= 0.3 is 0 Å². The first-order valence-corrected chi connectivity index (χ1v) is 12.2. The number of hydrogen-bond acceptors (Lipinski definition) is 7. The molecule has 0 radical (unpaired) electrons. The van der Waals surface area contributed by atoms with Gasteiger partial charge in [-0.25, -0.2) is 18.4 Å². The lowest BCUT2D eigenvalue weighted by Gasteiger charge is -2.34. The Morgan fingerprint density at radius 1 is 1.06 bits per heavy atom. The molecule has 2 aromatic carbocycles. The molecule has 0 bridgehead atoms. The summed E-state index contributed by atoms with van der Waals surface area (Å²) in [4.78, 5) is 11.4. The molecule has 1 saturated carbocycles. The summed E-state index contributed by atoms with van der Waals surface area (Å²) >= 11 is 0. The summed E-state index contributed by atoms with van der Waals surface area (Å²) in [5.41, 5.74) is 1.73. The Morgan fingerprint density at radius 3 is 2.52 bits per heavy atom. The van der Waals surface area contributed by atoms with Crippen molar-refractivity contribution in [3.05, 3.63) is 48.3 Å². The fourth-order valence-electron chi connectivity index (χ4n) is 3.91. The second-order valence-corrected chi connectivity index (χ2v) is 10.0. The number of hydrogen-bond donors (Lipinski definition) is 0. The molecule has 0 aliphatic heterocycles. The van der Waals surface area contributed by atoms with E-state index in [1.54, 1.807) is 32.4 Å². The molecule has 0 N–H and O–H groups in total. The standard InChI is InChI=1S/C23H27N3O4S/c1-29-18-8-7-17(22(11-18)30-2)14-26(13-16-5-4-6-16)23-20-12-19(31(3,27)28)9-10-21(20)24-15-25-23/h7-12,15-16H,4-6,13-14H2,1-3H3. The van der Waals surface area contributed by atoms with Gasteiger partial charge in [-0.1, -0.05) is 6.42 Å². The maximum Gasteiger partial charge on any atom is 0.175 e. The summed E-state index contributed by atoms with van der Waals surface area (Å²) in [6.45, 7) is 1.42. The van der Waals surface area contributed by atoms with E-state index in [0.29, 0.717) is 12.5 Å². The first-order chi connectivity index (χ1) is 14.9. The topological polar surface area (TPSA) is 81.6 Å².